The van der Waals surface area contributed by atoms with Gasteiger partial charge in [0.25, 0.3) is 0 Å². The molecule has 2 aliphatic carbocycles. The minimum absolute atomic E-state index is 0.0966. The van der Waals surface area contributed by atoms with Crippen molar-refractivity contribution >= 4 is 11.6 Å². The predicted molar refractivity (Wildman–Crippen MR) is 143 cm³/mol. The molecular formula is C30H41F3N2O4. The van der Waals surface area contributed by atoms with Crippen molar-refractivity contribution in [2.45, 2.75) is 77.1 Å². The highest BCUT2D eigenvalue weighted by molar-refractivity contribution is 5.98. The molecule has 1 aromatic carbocycles. The largest absolute Gasteiger partial charge is 0.493 e. The molecule has 3 fully saturated rings. The lowest BCUT2D eigenvalue weighted by Gasteiger charge is -2.38. The molecule has 2 saturated heterocycles. The maximum Gasteiger partial charge on any atom is 0.412 e. The number of aliphatic hydroxyl groups is 1. The van der Waals surface area contributed by atoms with Crippen molar-refractivity contribution in [1.82, 2.24) is 4.90 Å². The first-order chi connectivity index (χ1) is 18.6. The van der Waals surface area contributed by atoms with E-state index in [2.05, 4.69) is 4.90 Å². The average Bonchev–Trinajstić information content (AvgIpc) is 3.66. The summed E-state index contributed by atoms with van der Waals surface area (Å²) in [6.45, 7) is 5.17. The van der Waals surface area contributed by atoms with Crippen LogP contribution in [0.4, 0.5) is 18.9 Å². The molecule has 2 heterocycles. The number of ether oxygens (including phenoxy) is 2. The van der Waals surface area contributed by atoms with Crippen LogP contribution in [0.5, 0.6) is 11.5 Å². The Labute approximate surface area is 229 Å². The predicted octanol–water partition coefficient (Wildman–Crippen LogP) is 5.94. The number of halogens is 3. The van der Waals surface area contributed by atoms with Crippen LogP contribution in [0.1, 0.15) is 64.7 Å². The third-order valence-electron chi connectivity index (χ3n) is 9.35. The van der Waals surface area contributed by atoms with E-state index in [-0.39, 0.29) is 25.2 Å². The van der Waals surface area contributed by atoms with Crippen LogP contribution in [-0.4, -0.2) is 61.7 Å². The Balaban J connectivity index is 1.22. The molecule has 1 amide bonds. The normalized spacial score (nSPS) is 29.0. The zero-order chi connectivity index (χ0) is 27.8. The monoisotopic (exact) mass is 550 g/mol. The number of anilines is 1. The summed E-state index contributed by atoms with van der Waals surface area (Å²) in [5.41, 5.74) is -0.994. The molecule has 6 nitrogen and oxygen atoms in total. The highest BCUT2D eigenvalue weighted by Gasteiger charge is 2.52. The third-order valence-corrected chi connectivity index (χ3v) is 9.35. The van der Waals surface area contributed by atoms with Gasteiger partial charge in [0.1, 0.15) is 12.8 Å². The van der Waals surface area contributed by atoms with Crippen LogP contribution >= 0.6 is 0 Å². The number of rotatable bonds is 9. The van der Waals surface area contributed by atoms with Gasteiger partial charge in [-0.05, 0) is 81.0 Å². The zero-order valence-electron chi connectivity index (χ0n) is 23.0. The minimum atomic E-state index is -4.41. The van der Waals surface area contributed by atoms with Gasteiger partial charge < -0.3 is 14.6 Å². The first kappa shape index (κ1) is 28.3. The van der Waals surface area contributed by atoms with E-state index in [0.717, 1.165) is 31.5 Å². The number of likely N-dealkylation sites (tertiary alicyclic amines) is 1. The number of methoxy groups -OCH3 is 1. The van der Waals surface area contributed by atoms with Gasteiger partial charge in [-0.3, -0.25) is 14.6 Å². The average molecular weight is 551 g/mol. The number of alkyl halides is 3. The van der Waals surface area contributed by atoms with Crippen molar-refractivity contribution < 1.29 is 32.5 Å². The van der Waals surface area contributed by atoms with Crippen LogP contribution in [0.25, 0.3) is 0 Å². The van der Waals surface area contributed by atoms with E-state index in [1.54, 1.807) is 32.2 Å². The van der Waals surface area contributed by atoms with Crippen molar-refractivity contribution in [1.29, 1.82) is 0 Å². The van der Waals surface area contributed by atoms with Crippen LogP contribution in [0.15, 0.2) is 29.8 Å². The Morgan fingerprint density at radius 1 is 1.10 bits per heavy atom. The van der Waals surface area contributed by atoms with Crippen molar-refractivity contribution in [2.24, 2.45) is 23.2 Å². The summed E-state index contributed by atoms with van der Waals surface area (Å²) in [4.78, 5) is 17.3. The number of carbonyl (C=O) groups excluding carboxylic acids is 1. The van der Waals surface area contributed by atoms with Gasteiger partial charge in [-0.1, -0.05) is 25.8 Å². The number of amides is 1. The summed E-state index contributed by atoms with van der Waals surface area (Å²) in [7, 11) is 1.55. The molecule has 2 aliphatic heterocycles. The maximum atomic E-state index is 13.5. The second kappa shape index (κ2) is 11.3. The van der Waals surface area contributed by atoms with Gasteiger partial charge in [-0.25, -0.2) is 0 Å². The number of nitrogens with zero attached hydrogens (tertiary/aromatic N) is 2. The summed E-state index contributed by atoms with van der Waals surface area (Å²) < 4.78 is 51.9. The lowest BCUT2D eigenvalue weighted by molar-refractivity contribution is -0.126. The standard InChI is InChI=1S/C30H41F3N2O4/c1-29(11-3-4-22(19-29)30(31,32)33)24-18-27(36)35(28(24)37)23-7-8-25(38-2)26(17-23)39-15-14-34-12-9-21(10-13-34)16-20-5-6-20/h4,7-8,17,20-21,24,27,36H,3,5-6,9-16,18-19H2,1-2H3. The molecule has 0 bridgehead atoms. The highest BCUT2D eigenvalue weighted by Crippen LogP contribution is 2.51. The van der Waals surface area contributed by atoms with Gasteiger partial charge in [0, 0.05) is 30.5 Å². The maximum absolute atomic E-state index is 13.5. The Bertz CT molecular complexity index is 1060. The second-order valence-electron chi connectivity index (χ2n) is 12.2. The first-order valence-corrected chi connectivity index (χ1v) is 14.4. The fourth-order valence-corrected chi connectivity index (χ4v) is 6.78. The van der Waals surface area contributed by atoms with Crippen molar-refractivity contribution in [3.8, 4) is 11.5 Å². The third kappa shape index (κ3) is 6.40. The quantitative estimate of drug-likeness (QED) is 0.386. The van der Waals surface area contributed by atoms with Gasteiger partial charge in [0.05, 0.1) is 12.8 Å². The summed E-state index contributed by atoms with van der Waals surface area (Å²) in [6.07, 6.45) is 3.01. The summed E-state index contributed by atoms with van der Waals surface area (Å²) in [5, 5.41) is 10.9. The number of piperidine rings is 1. The fourth-order valence-electron chi connectivity index (χ4n) is 6.78. The summed E-state index contributed by atoms with van der Waals surface area (Å²) >= 11 is 0. The van der Waals surface area contributed by atoms with Gasteiger partial charge in [-0.2, -0.15) is 13.2 Å². The molecule has 1 N–H and O–H groups in total. The number of hydrogen-bond donors (Lipinski definition) is 1. The second-order valence-corrected chi connectivity index (χ2v) is 12.2. The number of aliphatic hydroxyl groups excluding tert-OH is 1. The molecule has 3 unspecified atom stereocenters. The van der Waals surface area contributed by atoms with Gasteiger partial charge in [-0.15, -0.1) is 0 Å². The highest BCUT2D eigenvalue weighted by atomic mass is 19.4. The van der Waals surface area contributed by atoms with E-state index >= 15 is 0 Å². The van der Waals surface area contributed by atoms with E-state index in [1.807, 2.05) is 0 Å². The van der Waals surface area contributed by atoms with Crippen LogP contribution in [0.2, 0.25) is 0 Å². The van der Waals surface area contributed by atoms with E-state index in [1.165, 1.54) is 43.1 Å². The van der Waals surface area contributed by atoms with E-state index in [0.29, 0.717) is 30.2 Å². The molecule has 1 saturated carbocycles. The smallest absolute Gasteiger partial charge is 0.412 e. The molecule has 5 rings (SSSR count). The molecule has 0 aromatic heterocycles. The topological polar surface area (TPSA) is 62.2 Å². The Kier molecular flexibility index (Phi) is 8.20. The van der Waals surface area contributed by atoms with E-state index in [4.69, 9.17) is 9.47 Å². The van der Waals surface area contributed by atoms with Crippen molar-refractivity contribution in [2.75, 3.05) is 38.3 Å². The molecule has 216 valence electrons. The number of benzene rings is 1. The van der Waals surface area contributed by atoms with E-state index < -0.39 is 29.3 Å². The molecular weight excluding hydrogens is 509 g/mol. The van der Waals surface area contributed by atoms with Crippen molar-refractivity contribution in [3.63, 3.8) is 0 Å². The van der Waals surface area contributed by atoms with Crippen LogP contribution in [0.3, 0.4) is 0 Å². The molecule has 3 atom stereocenters. The Morgan fingerprint density at radius 3 is 2.49 bits per heavy atom. The molecule has 0 radical (unpaired) electrons. The molecule has 4 aliphatic rings. The number of carbonyl (C=O) groups is 1. The lowest BCUT2D eigenvalue weighted by Crippen LogP contribution is -2.39. The van der Waals surface area contributed by atoms with Gasteiger partial charge in [0.2, 0.25) is 5.91 Å². The van der Waals surface area contributed by atoms with Crippen LogP contribution < -0.4 is 14.4 Å². The Morgan fingerprint density at radius 2 is 1.82 bits per heavy atom. The SMILES string of the molecule is COc1ccc(N2C(=O)C(C3(C)CCC=C(C(F)(F)F)C3)CC2O)cc1OCCN1CCC(CC2CC2)CC1. The van der Waals surface area contributed by atoms with Crippen molar-refractivity contribution in [3.05, 3.63) is 29.8 Å². The van der Waals surface area contributed by atoms with Crippen LogP contribution in [-0.2, 0) is 4.79 Å². The molecule has 9 heteroatoms. The lowest BCUT2D eigenvalue weighted by atomic mass is 9.66. The van der Waals surface area contributed by atoms with Crippen LogP contribution in [0, 0.1) is 23.2 Å². The van der Waals surface area contributed by atoms with Gasteiger partial charge >= 0.3 is 6.18 Å². The zero-order valence-corrected chi connectivity index (χ0v) is 23.0. The molecule has 39 heavy (non-hydrogen) atoms. The first-order valence-electron chi connectivity index (χ1n) is 14.4. The Hall–Kier alpha value is -2.26. The molecule has 0 spiro atoms. The number of allylic oxidation sites excluding steroid dienone is 2. The summed E-state index contributed by atoms with van der Waals surface area (Å²) in [6, 6.07) is 5.08. The summed E-state index contributed by atoms with van der Waals surface area (Å²) in [5.74, 6) is 1.78. The fraction of sp³-hybridized carbons (Fsp3) is 0.700. The van der Waals surface area contributed by atoms with E-state index in [9.17, 15) is 23.1 Å². The van der Waals surface area contributed by atoms with Gasteiger partial charge in [0.15, 0.2) is 11.5 Å². The minimum Gasteiger partial charge on any atom is -0.493 e. The number of hydrogen-bond acceptors (Lipinski definition) is 5. The molecule has 1 aromatic rings.